The first-order valence-electron chi connectivity index (χ1n) is 8.95. The van der Waals surface area contributed by atoms with Gasteiger partial charge in [-0.3, -0.25) is 10.1 Å². The molecule has 2 aromatic carbocycles. The van der Waals surface area contributed by atoms with E-state index < -0.39 is 0 Å². The SMILES string of the molecule is COc1ccc(-c2csc3nc(NC(=O)c4ccc(C(C)C)cc4)nn23)cc1. The molecule has 2 aromatic heterocycles. The number of ether oxygens (including phenoxy) is 1. The number of benzene rings is 2. The van der Waals surface area contributed by atoms with E-state index in [2.05, 4.69) is 29.2 Å². The van der Waals surface area contributed by atoms with Crippen LogP contribution in [0.2, 0.25) is 0 Å². The average Bonchev–Trinajstić information content (AvgIpc) is 3.28. The van der Waals surface area contributed by atoms with E-state index in [9.17, 15) is 4.79 Å². The number of anilines is 1. The van der Waals surface area contributed by atoms with E-state index in [1.807, 2.05) is 53.9 Å². The number of aromatic nitrogens is 3. The van der Waals surface area contributed by atoms with E-state index in [1.54, 1.807) is 11.6 Å². The summed E-state index contributed by atoms with van der Waals surface area (Å²) in [5.74, 6) is 1.29. The molecule has 1 amide bonds. The smallest absolute Gasteiger partial charge is 0.258 e. The van der Waals surface area contributed by atoms with Crippen LogP contribution in [0.25, 0.3) is 16.2 Å². The number of hydrogen-bond donors (Lipinski definition) is 1. The van der Waals surface area contributed by atoms with E-state index in [1.165, 1.54) is 16.9 Å². The van der Waals surface area contributed by atoms with Gasteiger partial charge >= 0.3 is 0 Å². The highest BCUT2D eigenvalue weighted by Gasteiger charge is 2.14. The lowest BCUT2D eigenvalue weighted by atomic mass is 10.0. The third kappa shape index (κ3) is 3.48. The van der Waals surface area contributed by atoms with Crippen LogP contribution >= 0.6 is 11.3 Å². The summed E-state index contributed by atoms with van der Waals surface area (Å²) in [6.45, 7) is 4.24. The van der Waals surface area contributed by atoms with Crippen LogP contribution in [0.3, 0.4) is 0 Å². The van der Waals surface area contributed by atoms with Gasteiger partial charge in [-0.05, 0) is 47.9 Å². The molecule has 7 heteroatoms. The highest BCUT2D eigenvalue weighted by atomic mass is 32.1. The highest BCUT2D eigenvalue weighted by molar-refractivity contribution is 7.15. The predicted molar refractivity (Wildman–Crippen MR) is 111 cm³/mol. The molecule has 1 N–H and O–H groups in total. The van der Waals surface area contributed by atoms with Gasteiger partial charge in [0.1, 0.15) is 5.75 Å². The Morgan fingerprint density at radius 3 is 2.46 bits per heavy atom. The van der Waals surface area contributed by atoms with Crippen LogP contribution < -0.4 is 10.1 Å². The van der Waals surface area contributed by atoms with Crippen LogP contribution in [0.5, 0.6) is 5.75 Å². The third-order valence-corrected chi connectivity index (χ3v) is 5.35. The number of carbonyl (C=O) groups excluding carboxylic acids is 1. The Labute approximate surface area is 166 Å². The van der Waals surface area contributed by atoms with Gasteiger partial charge in [0.05, 0.1) is 12.8 Å². The van der Waals surface area contributed by atoms with Gasteiger partial charge < -0.3 is 4.74 Å². The Kier molecular flexibility index (Phi) is 4.83. The van der Waals surface area contributed by atoms with Gasteiger partial charge in [0.2, 0.25) is 4.96 Å². The molecule has 0 saturated heterocycles. The van der Waals surface area contributed by atoms with E-state index in [4.69, 9.17) is 4.74 Å². The van der Waals surface area contributed by atoms with Crippen LogP contribution in [-0.4, -0.2) is 27.6 Å². The number of nitrogens with one attached hydrogen (secondary N) is 1. The molecule has 6 nitrogen and oxygen atoms in total. The van der Waals surface area contributed by atoms with E-state index >= 15 is 0 Å². The molecular weight excluding hydrogens is 372 g/mol. The number of fused-ring (bicyclic) bond motifs is 1. The highest BCUT2D eigenvalue weighted by Crippen LogP contribution is 2.27. The topological polar surface area (TPSA) is 68.5 Å². The molecule has 0 radical (unpaired) electrons. The van der Waals surface area contributed by atoms with Crippen LogP contribution in [0, 0.1) is 0 Å². The monoisotopic (exact) mass is 392 g/mol. The van der Waals surface area contributed by atoms with Gasteiger partial charge in [-0.1, -0.05) is 26.0 Å². The van der Waals surface area contributed by atoms with Crippen molar-refractivity contribution in [1.82, 2.24) is 14.6 Å². The first kappa shape index (κ1) is 18.2. The summed E-state index contributed by atoms with van der Waals surface area (Å²) in [7, 11) is 1.64. The minimum atomic E-state index is -0.223. The minimum absolute atomic E-state index is 0.223. The first-order valence-corrected chi connectivity index (χ1v) is 9.83. The van der Waals surface area contributed by atoms with Crippen molar-refractivity contribution in [3.05, 3.63) is 65.0 Å². The molecule has 2 heterocycles. The molecule has 0 aliphatic carbocycles. The summed E-state index contributed by atoms with van der Waals surface area (Å²) in [5, 5.41) is 9.23. The lowest BCUT2D eigenvalue weighted by molar-refractivity contribution is 0.102. The zero-order valence-corrected chi connectivity index (χ0v) is 16.7. The molecule has 4 rings (SSSR count). The minimum Gasteiger partial charge on any atom is -0.497 e. The maximum Gasteiger partial charge on any atom is 0.258 e. The fourth-order valence-electron chi connectivity index (χ4n) is 2.89. The van der Waals surface area contributed by atoms with Crippen molar-refractivity contribution in [1.29, 1.82) is 0 Å². The number of thiazole rings is 1. The molecule has 0 bridgehead atoms. The molecule has 142 valence electrons. The normalized spacial score (nSPS) is 11.1. The molecule has 0 saturated carbocycles. The van der Waals surface area contributed by atoms with Gasteiger partial charge in [0, 0.05) is 16.5 Å². The predicted octanol–water partition coefficient (Wildman–Crippen LogP) is 4.84. The maximum absolute atomic E-state index is 12.5. The Morgan fingerprint density at radius 1 is 1.11 bits per heavy atom. The maximum atomic E-state index is 12.5. The largest absolute Gasteiger partial charge is 0.497 e. The molecule has 4 aromatic rings. The van der Waals surface area contributed by atoms with Crippen molar-refractivity contribution in [3.63, 3.8) is 0 Å². The Hall–Kier alpha value is -3.19. The molecule has 0 atom stereocenters. The quantitative estimate of drug-likeness (QED) is 0.528. The van der Waals surface area contributed by atoms with Crippen molar-refractivity contribution in [2.75, 3.05) is 12.4 Å². The van der Waals surface area contributed by atoms with Gasteiger partial charge in [0.25, 0.3) is 11.9 Å². The fraction of sp³-hybridized carbons (Fsp3) is 0.190. The molecule has 0 unspecified atom stereocenters. The second-order valence-electron chi connectivity index (χ2n) is 6.71. The van der Waals surface area contributed by atoms with E-state index in [0.717, 1.165) is 22.0 Å². The summed E-state index contributed by atoms with van der Waals surface area (Å²) < 4.78 is 6.94. The Balaban J connectivity index is 1.56. The molecule has 0 aliphatic rings. The summed E-state index contributed by atoms with van der Waals surface area (Å²) >= 11 is 1.47. The molecule has 0 fully saturated rings. The number of nitrogens with zero attached hydrogens (tertiary/aromatic N) is 3. The zero-order chi connectivity index (χ0) is 19.7. The van der Waals surface area contributed by atoms with Crippen LogP contribution in [0.1, 0.15) is 35.7 Å². The number of hydrogen-bond acceptors (Lipinski definition) is 5. The van der Waals surface area contributed by atoms with E-state index in [-0.39, 0.29) is 5.91 Å². The summed E-state index contributed by atoms with van der Waals surface area (Å²) in [5.41, 5.74) is 3.69. The lowest BCUT2D eigenvalue weighted by Crippen LogP contribution is -2.13. The van der Waals surface area contributed by atoms with Crippen LogP contribution in [0.4, 0.5) is 5.95 Å². The number of amides is 1. The lowest BCUT2D eigenvalue weighted by Gasteiger charge is -2.06. The third-order valence-electron chi connectivity index (χ3n) is 4.53. The van der Waals surface area contributed by atoms with E-state index in [0.29, 0.717) is 17.4 Å². The van der Waals surface area contributed by atoms with Crippen molar-refractivity contribution in [2.45, 2.75) is 19.8 Å². The van der Waals surface area contributed by atoms with Gasteiger partial charge in [-0.15, -0.1) is 16.4 Å². The van der Waals surface area contributed by atoms with Crippen molar-refractivity contribution in [3.8, 4) is 17.0 Å². The zero-order valence-electron chi connectivity index (χ0n) is 15.8. The van der Waals surface area contributed by atoms with Crippen molar-refractivity contribution in [2.24, 2.45) is 0 Å². The number of carbonyl (C=O) groups is 1. The van der Waals surface area contributed by atoms with Gasteiger partial charge in [-0.2, -0.15) is 4.98 Å². The van der Waals surface area contributed by atoms with Crippen LogP contribution in [-0.2, 0) is 0 Å². The Morgan fingerprint density at radius 2 is 1.82 bits per heavy atom. The Bertz CT molecular complexity index is 1110. The number of rotatable bonds is 5. The van der Waals surface area contributed by atoms with Crippen LogP contribution in [0.15, 0.2) is 53.9 Å². The summed E-state index contributed by atoms with van der Waals surface area (Å²) in [6.07, 6.45) is 0. The molecular formula is C21H20N4O2S. The average molecular weight is 392 g/mol. The van der Waals surface area contributed by atoms with Crippen molar-refractivity contribution >= 4 is 28.2 Å². The fourth-order valence-corrected chi connectivity index (χ4v) is 3.72. The molecule has 0 aliphatic heterocycles. The summed E-state index contributed by atoms with van der Waals surface area (Å²) in [4.78, 5) is 17.6. The summed E-state index contributed by atoms with van der Waals surface area (Å²) in [6, 6.07) is 15.3. The molecule has 28 heavy (non-hydrogen) atoms. The van der Waals surface area contributed by atoms with Crippen molar-refractivity contribution < 1.29 is 9.53 Å². The second kappa shape index (κ2) is 7.44. The number of methoxy groups -OCH3 is 1. The van der Waals surface area contributed by atoms with Gasteiger partial charge in [0.15, 0.2) is 0 Å². The van der Waals surface area contributed by atoms with Gasteiger partial charge in [-0.25, -0.2) is 4.52 Å². The molecule has 0 spiro atoms. The standard InChI is InChI=1S/C21H20N4O2S/c1-13(2)14-4-6-16(7-5-14)19(26)22-20-23-21-25(24-20)18(12-28-21)15-8-10-17(27-3)11-9-15/h4-13H,1-3H3,(H,22,24,26). The second-order valence-corrected chi connectivity index (χ2v) is 7.55. The first-order chi connectivity index (χ1) is 13.5.